The number of nitrogens with zero attached hydrogens (tertiary/aromatic N) is 3. The Bertz CT molecular complexity index is 747. The van der Waals surface area contributed by atoms with Crippen LogP contribution in [0.2, 0.25) is 0 Å². The third kappa shape index (κ3) is 5.32. The summed E-state index contributed by atoms with van der Waals surface area (Å²) in [6.07, 6.45) is 2.39. The van der Waals surface area contributed by atoms with Gasteiger partial charge in [-0.15, -0.1) is 11.3 Å². The van der Waals surface area contributed by atoms with Gasteiger partial charge in [-0.1, -0.05) is 30.3 Å². The molecule has 1 amide bonds. The highest BCUT2D eigenvalue weighted by molar-refractivity contribution is 7.09. The van der Waals surface area contributed by atoms with E-state index in [2.05, 4.69) is 51.9 Å². The molecule has 0 saturated heterocycles. The maximum absolute atomic E-state index is 12.5. The van der Waals surface area contributed by atoms with Gasteiger partial charge < -0.3 is 15.1 Å². The molecule has 0 fully saturated rings. The second-order valence-corrected chi connectivity index (χ2v) is 7.88. The Morgan fingerprint density at radius 3 is 2.59 bits per heavy atom. The standard InChI is InChI=1S/C21H28N4OS/c1-22-21(24(2)13-11-19-9-6-14-27-19)23-12-5-10-20(26)25-15-17-7-3-4-8-18(17)16-25/h3-4,6-9,14H,5,10-13,15-16H2,1-2H3,(H,22,23). The summed E-state index contributed by atoms with van der Waals surface area (Å²) in [5.41, 5.74) is 2.55. The fraction of sp³-hybridized carbons (Fsp3) is 0.429. The number of likely N-dealkylation sites (N-methyl/N-ethyl adjacent to an activating group) is 1. The molecule has 1 N–H and O–H groups in total. The summed E-state index contributed by atoms with van der Waals surface area (Å²) in [6.45, 7) is 3.17. The molecule has 144 valence electrons. The molecule has 2 heterocycles. The van der Waals surface area contributed by atoms with E-state index in [1.54, 1.807) is 18.4 Å². The van der Waals surface area contributed by atoms with Gasteiger partial charge in [0.15, 0.2) is 5.96 Å². The van der Waals surface area contributed by atoms with Crippen molar-refractivity contribution in [2.75, 3.05) is 27.2 Å². The summed E-state index contributed by atoms with van der Waals surface area (Å²) in [5, 5.41) is 5.48. The van der Waals surface area contributed by atoms with Gasteiger partial charge in [0, 0.05) is 51.6 Å². The summed E-state index contributed by atoms with van der Waals surface area (Å²) < 4.78 is 0. The molecule has 0 aliphatic carbocycles. The first kappa shape index (κ1) is 19.4. The molecule has 0 bridgehead atoms. The van der Waals surface area contributed by atoms with Gasteiger partial charge in [-0.2, -0.15) is 0 Å². The van der Waals surface area contributed by atoms with Crippen LogP contribution in [0.15, 0.2) is 46.8 Å². The van der Waals surface area contributed by atoms with Gasteiger partial charge in [-0.25, -0.2) is 0 Å². The van der Waals surface area contributed by atoms with Crippen molar-refractivity contribution in [2.24, 2.45) is 4.99 Å². The first-order valence-corrected chi connectivity index (χ1v) is 10.3. The van der Waals surface area contributed by atoms with Crippen molar-refractivity contribution in [1.29, 1.82) is 0 Å². The highest BCUT2D eigenvalue weighted by Crippen LogP contribution is 2.22. The fourth-order valence-corrected chi connectivity index (χ4v) is 4.03. The highest BCUT2D eigenvalue weighted by Gasteiger charge is 2.22. The normalized spacial score (nSPS) is 13.6. The van der Waals surface area contributed by atoms with Crippen LogP contribution in [0.1, 0.15) is 28.8 Å². The van der Waals surface area contributed by atoms with E-state index in [1.807, 2.05) is 17.0 Å². The summed E-state index contributed by atoms with van der Waals surface area (Å²) in [4.78, 5) is 22.3. The molecule has 0 unspecified atom stereocenters. The number of aliphatic imine (C=N–C) groups is 1. The number of carbonyl (C=O) groups excluding carboxylic acids is 1. The zero-order chi connectivity index (χ0) is 19.1. The molecule has 0 atom stereocenters. The van der Waals surface area contributed by atoms with E-state index in [9.17, 15) is 4.79 Å². The van der Waals surface area contributed by atoms with Crippen LogP contribution in [0.4, 0.5) is 0 Å². The number of amides is 1. The summed E-state index contributed by atoms with van der Waals surface area (Å²) >= 11 is 1.79. The van der Waals surface area contributed by atoms with E-state index in [0.29, 0.717) is 6.42 Å². The average Bonchev–Trinajstić information content (AvgIpc) is 3.35. The fourth-order valence-electron chi connectivity index (χ4n) is 3.33. The predicted octanol–water partition coefficient (Wildman–Crippen LogP) is 3.12. The Morgan fingerprint density at radius 2 is 1.96 bits per heavy atom. The number of benzene rings is 1. The molecular formula is C21H28N4OS. The molecule has 3 rings (SSSR count). The molecule has 6 heteroatoms. The van der Waals surface area contributed by atoms with Crippen LogP contribution in [0.3, 0.4) is 0 Å². The smallest absolute Gasteiger partial charge is 0.223 e. The van der Waals surface area contributed by atoms with Crippen molar-refractivity contribution in [3.63, 3.8) is 0 Å². The monoisotopic (exact) mass is 384 g/mol. The minimum atomic E-state index is 0.231. The predicted molar refractivity (Wildman–Crippen MR) is 112 cm³/mol. The van der Waals surface area contributed by atoms with Crippen molar-refractivity contribution in [2.45, 2.75) is 32.4 Å². The molecule has 1 aliphatic heterocycles. The van der Waals surface area contributed by atoms with Gasteiger partial charge in [0.25, 0.3) is 0 Å². The Kier molecular flexibility index (Phi) is 6.87. The van der Waals surface area contributed by atoms with Crippen molar-refractivity contribution in [3.8, 4) is 0 Å². The third-order valence-electron chi connectivity index (χ3n) is 4.89. The lowest BCUT2D eigenvalue weighted by Crippen LogP contribution is -2.40. The lowest BCUT2D eigenvalue weighted by Gasteiger charge is -2.22. The highest BCUT2D eigenvalue weighted by atomic mass is 32.1. The zero-order valence-corrected chi connectivity index (χ0v) is 17.0. The molecule has 1 aromatic heterocycles. The molecule has 0 spiro atoms. The van der Waals surface area contributed by atoms with E-state index in [4.69, 9.17) is 0 Å². The van der Waals surface area contributed by atoms with Crippen LogP contribution in [0.25, 0.3) is 0 Å². The maximum atomic E-state index is 12.5. The number of rotatable bonds is 7. The Balaban J connectivity index is 1.35. The largest absolute Gasteiger partial charge is 0.356 e. The van der Waals surface area contributed by atoms with Crippen molar-refractivity contribution in [3.05, 3.63) is 57.8 Å². The van der Waals surface area contributed by atoms with Gasteiger partial charge in [-0.3, -0.25) is 9.79 Å². The number of thiophene rings is 1. The van der Waals surface area contributed by atoms with E-state index in [-0.39, 0.29) is 5.91 Å². The molecule has 1 aromatic carbocycles. The number of hydrogen-bond donors (Lipinski definition) is 1. The first-order valence-electron chi connectivity index (χ1n) is 9.46. The summed E-state index contributed by atoms with van der Waals surface area (Å²) in [7, 11) is 3.85. The van der Waals surface area contributed by atoms with Gasteiger partial charge in [0.05, 0.1) is 0 Å². The topological polar surface area (TPSA) is 47.9 Å². The quantitative estimate of drug-likeness (QED) is 0.453. The van der Waals surface area contributed by atoms with Crippen molar-refractivity contribution < 1.29 is 4.79 Å². The third-order valence-corrected chi connectivity index (χ3v) is 5.83. The molecule has 27 heavy (non-hydrogen) atoms. The number of nitrogens with one attached hydrogen (secondary N) is 1. The van der Waals surface area contributed by atoms with Crippen molar-refractivity contribution >= 4 is 23.2 Å². The van der Waals surface area contributed by atoms with E-state index in [1.165, 1.54) is 16.0 Å². The van der Waals surface area contributed by atoms with E-state index in [0.717, 1.165) is 45.0 Å². The van der Waals surface area contributed by atoms with Crippen LogP contribution >= 0.6 is 11.3 Å². The lowest BCUT2D eigenvalue weighted by molar-refractivity contribution is -0.131. The van der Waals surface area contributed by atoms with Gasteiger partial charge >= 0.3 is 0 Å². The molecule has 0 saturated carbocycles. The Morgan fingerprint density at radius 1 is 1.22 bits per heavy atom. The van der Waals surface area contributed by atoms with Gasteiger partial charge in [0.1, 0.15) is 0 Å². The Labute approximate surface area is 165 Å². The Hall–Kier alpha value is -2.34. The van der Waals surface area contributed by atoms with Crippen LogP contribution < -0.4 is 5.32 Å². The maximum Gasteiger partial charge on any atom is 0.223 e. The molecule has 1 aliphatic rings. The number of guanidine groups is 1. The minimum Gasteiger partial charge on any atom is -0.356 e. The van der Waals surface area contributed by atoms with Crippen LogP contribution in [0.5, 0.6) is 0 Å². The zero-order valence-electron chi connectivity index (χ0n) is 16.1. The minimum absolute atomic E-state index is 0.231. The molecule has 5 nitrogen and oxygen atoms in total. The number of hydrogen-bond acceptors (Lipinski definition) is 3. The number of carbonyl (C=O) groups is 1. The lowest BCUT2D eigenvalue weighted by atomic mass is 10.1. The second kappa shape index (κ2) is 9.55. The number of fused-ring (bicyclic) bond motifs is 1. The van der Waals surface area contributed by atoms with Crippen LogP contribution in [-0.2, 0) is 24.3 Å². The molecule has 2 aromatic rings. The first-order chi connectivity index (χ1) is 13.2. The van der Waals surface area contributed by atoms with Gasteiger partial charge in [-0.05, 0) is 35.4 Å². The average molecular weight is 385 g/mol. The van der Waals surface area contributed by atoms with Gasteiger partial charge in [0.2, 0.25) is 5.91 Å². The SMILES string of the molecule is CN=C(NCCCC(=O)N1Cc2ccccc2C1)N(C)CCc1cccs1. The van der Waals surface area contributed by atoms with Crippen LogP contribution in [0, 0.1) is 0 Å². The molecule has 0 radical (unpaired) electrons. The van der Waals surface area contributed by atoms with E-state index >= 15 is 0 Å². The summed E-state index contributed by atoms with van der Waals surface area (Å²) in [5.74, 6) is 1.11. The van der Waals surface area contributed by atoms with E-state index < -0.39 is 0 Å². The second-order valence-electron chi connectivity index (χ2n) is 6.85. The van der Waals surface area contributed by atoms with Crippen molar-refractivity contribution in [1.82, 2.24) is 15.1 Å². The summed E-state index contributed by atoms with van der Waals surface area (Å²) in [6, 6.07) is 12.6. The molecular weight excluding hydrogens is 356 g/mol. The van der Waals surface area contributed by atoms with Crippen LogP contribution in [-0.4, -0.2) is 48.9 Å².